The molecule has 1 aliphatic rings. The van der Waals surface area contributed by atoms with Crippen LogP contribution in [0.3, 0.4) is 0 Å². The molecule has 224 valence electrons. The topological polar surface area (TPSA) is 88.7 Å². The van der Waals surface area contributed by atoms with Gasteiger partial charge in [0, 0.05) is 24.3 Å². The van der Waals surface area contributed by atoms with Crippen molar-refractivity contribution in [3.63, 3.8) is 0 Å². The molecule has 2 amide bonds. The van der Waals surface area contributed by atoms with Gasteiger partial charge >= 0.3 is 6.36 Å². The molecule has 0 aliphatic heterocycles. The van der Waals surface area contributed by atoms with Crippen LogP contribution in [0.1, 0.15) is 54.4 Å². The molecule has 0 bridgehead atoms. The van der Waals surface area contributed by atoms with E-state index in [2.05, 4.69) is 20.7 Å². The average molecular weight is 584 g/mol. The minimum absolute atomic E-state index is 0.268. The van der Waals surface area contributed by atoms with Crippen molar-refractivity contribution in [3.8, 4) is 11.5 Å². The van der Waals surface area contributed by atoms with Gasteiger partial charge in [-0.1, -0.05) is 62.4 Å². The summed E-state index contributed by atoms with van der Waals surface area (Å²) >= 11 is 0. The van der Waals surface area contributed by atoms with Crippen molar-refractivity contribution in [2.24, 2.45) is 5.92 Å². The third kappa shape index (κ3) is 10.3. The van der Waals surface area contributed by atoms with Crippen LogP contribution < -0.4 is 25.4 Å². The van der Waals surface area contributed by atoms with Crippen LogP contribution in [0.25, 0.3) is 0 Å². The van der Waals surface area contributed by atoms with Gasteiger partial charge in [-0.25, -0.2) is 0 Å². The van der Waals surface area contributed by atoms with Crippen molar-refractivity contribution >= 4 is 17.5 Å². The van der Waals surface area contributed by atoms with Crippen LogP contribution in [0.4, 0.5) is 18.9 Å². The number of amides is 2. The van der Waals surface area contributed by atoms with Crippen LogP contribution in [0.15, 0.2) is 78.9 Å². The smallest absolute Gasteiger partial charge is 0.489 e. The first-order chi connectivity index (χ1) is 20.2. The van der Waals surface area contributed by atoms with Crippen LogP contribution in [0, 0.1) is 5.92 Å². The summed E-state index contributed by atoms with van der Waals surface area (Å²) < 4.78 is 46.7. The summed E-state index contributed by atoms with van der Waals surface area (Å²) in [5.41, 5.74) is 2.06. The highest BCUT2D eigenvalue weighted by atomic mass is 19.4. The van der Waals surface area contributed by atoms with Gasteiger partial charge in [-0.3, -0.25) is 9.59 Å². The largest absolute Gasteiger partial charge is 0.573 e. The summed E-state index contributed by atoms with van der Waals surface area (Å²) in [6.07, 6.45) is 1.30. The maximum atomic E-state index is 13.1. The number of rotatable bonds is 13. The lowest BCUT2D eigenvalue weighted by Gasteiger charge is -2.26. The van der Waals surface area contributed by atoms with E-state index in [-0.39, 0.29) is 24.1 Å². The summed E-state index contributed by atoms with van der Waals surface area (Å²) in [6, 6.07) is 21.3. The monoisotopic (exact) mass is 583 g/mol. The first kappa shape index (κ1) is 30.7. The molecule has 3 aromatic rings. The van der Waals surface area contributed by atoms with Crippen molar-refractivity contribution in [3.05, 3.63) is 90.0 Å². The zero-order valence-electron chi connectivity index (χ0n) is 23.3. The molecule has 0 saturated heterocycles. The zero-order chi connectivity index (χ0) is 29.8. The van der Waals surface area contributed by atoms with Crippen LogP contribution >= 0.6 is 0 Å². The Morgan fingerprint density at radius 3 is 2.17 bits per heavy atom. The van der Waals surface area contributed by atoms with E-state index in [4.69, 9.17) is 4.74 Å². The lowest BCUT2D eigenvalue weighted by Crippen LogP contribution is -2.48. The Hall–Kier alpha value is -4.21. The van der Waals surface area contributed by atoms with Gasteiger partial charge in [0.15, 0.2) is 0 Å². The first-order valence-corrected chi connectivity index (χ1v) is 14.2. The van der Waals surface area contributed by atoms with Crippen molar-refractivity contribution < 1.29 is 32.2 Å². The summed E-state index contributed by atoms with van der Waals surface area (Å²) in [4.78, 5) is 26.2. The second-order valence-corrected chi connectivity index (χ2v) is 10.4. The fourth-order valence-corrected chi connectivity index (χ4v) is 4.96. The average Bonchev–Trinajstić information content (AvgIpc) is 2.99. The molecular formula is C32H36F3N3O4. The van der Waals surface area contributed by atoms with Crippen LogP contribution in [-0.4, -0.2) is 37.3 Å². The predicted octanol–water partition coefficient (Wildman–Crippen LogP) is 6.46. The molecule has 0 radical (unpaired) electrons. The Bertz CT molecular complexity index is 1260. The van der Waals surface area contributed by atoms with Gasteiger partial charge in [0.05, 0.1) is 0 Å². The van der Waals surface area contributed by atoms with Crippen LogP contribution in [0.5, 0.6) is 11.5 Å². The molecular weight excluding hydrogens is 547 g/mol. The molecule has 0 spiro atoms. The predicted molar refractivity (Wildman–Crippen MR) is 154 cm³/mol. The van der Waals surface area contributed by atoms with Crippen molar-refractivity contribution in [2.75, 3.05) is 18.4 Å². The highest BCUT2D eigenvalue weighted by Crippen LogP contribution is 2.28. The molecule has 1 aliphatic carbocycles. The van der Waals surface area contributed by atoms with Gasteiger partial charge < -0.3 is 25.4 Å². The number of hydrogen-bond acceptors (Lipinski definition) is 5. The molecule has 1 unspecified atom stereocenters. The molecule has 10 heteroatoms. The number of ether oxygens (including phenoxy) is 2. The number of halogens is 3. The van der Waals surface area contributed by atoms with E-state index < -0.39 is 12.4 Å². The van der Waals surface area contributed by atoms with E-state index >= 15 is 0 Å². The third-order valence-electron chi connectivity index (χ3n) is 7.12. The summed E-state index contributed by atoms with van der Waals surface area (Å²) in [7, 11) is 0. The second-order valence-electron chi connectivity index (χ2n) is 10.4. The van der Waals surface area contributed by atoms with E-state index in [0.29, 0.717) is 42.5 Å². The standard InChI is InChI=1S/C32H36F3N3O4/c33-32(34,35)42-28-17-13-26(14-18-28)36-19-20-37-31(40)29(21-23-7-3-1-4-8-23)38-30(39)25-11-15-27(16-12-25)41-22-24-9-5-2-6-10-24/h2,5-6,9-18,23,29,36H,1,3-4,7-8,19-22H2,(H,37,40)(H,38,39). The second kappa shape index (κ2) is 15.1. The zero-order valence-corrected chi connectivity index (χ0v) is 23.3. The number of hydrogen-bond donors (Lipinski definition) is 3. The molecule has 0 heterocycles. The quantitative estimate of drug-likeness (QED) is 0.201. The molecule has 42 heavy (non-hydrogen) atoms. The maximum absolute atomic E-state index is 13.1. The van der Waals surface area contributed by atoms with Gasteiger partial charge in [0.1, 0.15) is 24.1 Å². The summed E-state index contributed by atoms with van der Waals surface area (Å²) in [5, 5.41) is 8.85. The molecule has 3 aromatic carbocycles. The lowest BCUT2D eigenvalue weighted by molar-refractivity contribution is -0.274. The molecule has 0 aromatic heterocycles. The number of benzene rings is 3. The molecule has 7 nitrogen and oxygen atoms in total. The number of nitrogens with one attached hydrogen (secondary N) is 3. The Morgan fingerprint density at radius 2 is 1.50 bits per heavy atom. The van der Waals surface area contributed by atoms with Crippen molar-refractivity contribution in [1.82, 2.24) is 10.6 Å². The van der Waals surface area contributed by atoms with E-state index in [0.717, 1.165) is 31.2 Å². The van der Waals surface area contributed by atoms with E-state index in [1.165, 1.54) is 30.7 Å². The normalized spacial score (nSPS) is 14.5. The highest BCUT2D eigenvalue weighted by molar-refractivity contribution is 5.97. The SMILES string of the molecule is O=C(NC(CC1CCCCC1)C(=O)NCCNc1ccc(OC(F)(F)F)cc1)c1ccc(OCc2ccccc2)cc1. The third-order valence-corrected chi connectivity index (χ3v) is 7.12. The minimum Gasteiger partial charge on any atom is -0.489 e. The van der Waals surface area contributed by atoms with Gasteiger partial charge in [0.25, 0.3) is 5.91 Å². The number of alkyl halides is 3. The number of carbonyl (C=O) groups is 2. The Balaban J connectivity index is 1.28. The molecule has 1 fully saturated rings. The van der Waals surface area contributed by atoms with Gasteiger partial charge in [-0.15, -0.1) is 13.2 Å². The molecule has 1 atom stereocenters. The van der Waals surface area contributed by atoms with E-state index in [1.54, 1.807) is 24.3 Å². The van der Waals surface area contributed by atoms with Gasteiger partial charge in [-0.2, -0.15) is 0 Å². The number of carbonyl (C=O) groups excluding carboxylic acids is 2. The Morgan fingerprint density at radius 1 is 0.833 bits per heavy atom. The van der Waals surface area contributed by atoms with Crippen molar-refractivity contribution in [2.45, 2.75) is 57.5 Å². The first-order valence-electron chi connectivity index (χ1n) is 14.2. The highest BCUT2D eigenvalue weighted by Gasteiger charge is 2.31. The van der Waals surface area contributed by atoms with Gasteiger partial charge in [0.2, 0.25) is 5.91 Å². The fourth-order valence-electron chi connectivity index (χ4n) is 4.96. The fraction of sp³-hybridized carbons (Fsp3) is 0.375. The number of anilines is 1. The molecule has 4 rings (SSSR count). The Labute approximate surface area is 243 Å². The van der Waals surface area contributed by atoms with E-state index in [1.807, 2.05) is 30.3 Å². The van der Waals surface area contributed by atoms with E-state index in [9.17, 15) is 22.8 Å². The van der Waals surface area contributed by atoms with Crippen LogP contribution in [-0.2, 0) is 11.4 Å². The van der Waals surface area contributed by atoms with Crippen LogP contribution in [0.2, 0.25) is 0 Å². The lowest BCUT2D eigenvalue weighted by atomic mass is 9.84. The minimum atomic E-state index is -4.75. The van der Waals surface area contributed by atoms with Crippen molar-refractivity contribution in [1.29, 1.82) is 0 Å². The molecule has 1 saturated carbocycles. The molecule has 3 N–H and O–H groups in total. The maximum Gasteiger partial charge on any atom is 0.573 e. The van der Waals surface area contributed by atoms with Gasteiger partial charge in [-0.05, 0) is 66.4 Å². The summed E-state index contributed by atoms with van der Waals surface area (Å²) in [5.74, 6) is 0.0883. The Kier molecular flexibility index (Phi) is 11.1. The summed E-state index contributed by atoms with van der Waals surface area (Å²) in [6.45, 7) is 1.03.